The van der Waals surface area contributed by atoms with Gasteiger partial charge < -0.3 is 5.11 Å². The Labute approximate surface area is 109 Å². The Morgan fingerprint density at radius 3 is 2.83 bits per heavy atom. The lowest BCUT2D eigenvalue weighted by Crippen LogP contribution is -2.23. The fourth-order valence-corrected chi connectivity index (χ4v) is 3.22. The Morgan fingerprint density at radius 2 is 2.22 bits per heavy atom. The molecule has 0 aliphatic heterocycles. The summed E-state index contributed by atoms with van der Waals surface area (Å²) in [4.78, 5) is 5.14. The van der Waals surface area contributed by atoms with Crippen LogP contribution in [-0.2, 0) is 16.6 Å². The highest BCUT2D eigenvalue weighted by atomic mass is 32.2. The Bertz CT molecular complexity index is 650. The molecular formula is C11H12N2O3S2. The van der Waals surface area contributed by atoms with Crippen LogP contribution < -0.4 is 4.72 Å². The van der Waals surface area contributed by atoms with Crippen molar-refractivity contribution in [3.05, 3.63) is 40.3 Å². The molecule has 2 aromatic rings. The van der Waals surface area contributed by atoms with E-state index in [2.05, 4.69) is 9.71 Å². The highest BCUT2D eigenvalue weighted by Gasteiger charge is 2.14. The second-order valence-corrected chi connectivity index (χ2v) is 6.77. The molecule has 0 saturated carbocycles. The Morgan fingerprint density at radius 1 is 1.44 bits per heavy atom. The number of phenolic OH excluding ortho intramolecular Hbond substituents is 1. The molecule has 0 atom stereocenters. The SMILES string of the molecule is Cc1cnc(CNS(=O)(=O)c2cccc(O)c2)s1. The fourth-order valence-electron chi connectivity index (χ4n) is 1.37. The van der Waals surface area contributed by atoms with Crippen molar-refractivity contribution in [1.29, 1.82) is 0 Å². The maximum atomic E-state index is 11.9. The summed E-state index contributed by atoms with van der Waals surface area (Å²) in [6.07, 6.45) is 1.70. The van der Waals surface area contributed by atoms with Gasteiger partial charge in [0, 0.05) is 11.1 Å². The molecule has 1 heterocycles. The van der Waals surface area contributed by atoms with Gasteiger partial charge in [-0.3, -0.25) is 0 Å². The Kier molecular flexibility index (Phi) is 3.65. The number of nitrogens with one attached hydrogen (secondary N) is 1. The molecule has 1 aromatic carbocycles. The number of aromatic hydroxyl groups is 1. The van der Waals surface area contributed by atoms with E-state index in [1.54, 1.807) is 6.20 Å². The molecule has 7 heteroatoms. The van der Waals surface area contributed by atoms with Crippen molar-refractivity contribution in [2.75, 3.05) is 0 Å². The Hall–Kier alpha value is -1.44. The van der Waals surface area contributed by atoms with E-state index in [0.717, 1.165) is 4.88 Å². The van der Waals surface area contributed by atoms with E-state index < -0.39 is 10.0 Å². The normalized spacial score (nSPS) is 11.6. The largest absolute Gasteiger partial charge is 0.508 e. The number of aromatic nitrogens is 1. The molecule has 5 nitrogen and oxygen atoms in total. The molecule has 0 spiro atoms. The lowest BCUT2D eigenvalue weighted by atomic mass is 10.3. The maximum absolute atomic E-state index is 11.9. The van der Waals surface area contributed by atoms with Gasteiger partial charge in [-0.05, 0) is 25.1 Å². The zero-order chi connectivity index (χ0) is 13.2. The first kappa shape index (κ1) is 13.0. The van der Waals surface area contributed by atoms with Crippen molar-refractivity contribution >= 4 is 21.4 Å². The molecule has 96 valence electrons. The van der Waals surface area contributed by atoms with E-state index in [0.29, 0.717) is 5.01 Å². The Balaban J connectivity index is 2.13. The van der Waals surface area contributed by atoms with Crippen molar-refractivity contribution < 1.29 is 13.5 Å². The number of aryl methyl sites for hydroxylation is 1. The summed E-state index contributed by atoms with van der Waals surface area (Å²) in [5.74, 6) is -0.0806. The monoisotopic (exact) mass is 284 g/mol. The second-order valence-electron chi connectivity index (χ2n) is 3.69. The molecule has 1 aromatic heterocycles. The summed E-state index contributed by atoms with van der Waals surface area (Å²) in [7, 11) is -3.62. The third-order valence-corrected chi connectivity index (χ3v) is 4.52. The van der Waals surface area contributed by atoms with Gasteiger partial charge >= 0.3 is 0 Å². The van der Waals surface area contributed by atoms with Gasteiger partial charge in [-0.2, -0.15) is 0 Å². The van der Waals surface area contributed by atoms with E-state index in [9.17, 15) is 13.5 Å². The molecule has 0 aliphatic carbocycles. The second kappa shape index (κ2) is 5.05. The highest BCUT2D eigenvalue weighted by Crippen LogP contribution is 2.17. The third-order valence-electron chi connectivity index (χ3n) is 2.21. The number of nitrogens with zero attached hydrogens (tertiary/aromatic N) is 1. The van der Waals surface area contributed by atoms with Gasteiger partial charge in [0.1, 0.15) is 10.8 Å². The van der Waals surface area contributed by atoms with Gasteiger partial charge in [-0.15, -0.1) is 11.3 Å². The van der Waals surface area contributed by atoms with Crippen molar-refractivity contribution in [2.24, 2.45) is 0 Å². The molecule has 0 fully saturated rings. The van der Waals surface area contributed by atoms with E-state index in [-0.39, 0.29) is 17.2 Å². The van der Waals surface area contributed by atoms with Crippen molar-refractivity contribution in [1.82, 2.24) is 9.71 Å². The predicted octanol–water partition coefficient (Wildman–Crippen LogP) is 1.64. The zero-order valence-electron chi connectivity index (χ0n) is 9.62. The van der Waals surface area contributed by atoms with Gasteiger partial charge in [-0.1, -0.05) is 6.07 Å². The van der Waals surface area contributed by atoms with E-state index in [4.69, 9.17) is 0 Å². The number of benzene rings is 1. The van der Waals surface area contributed by atoms with Gasteiger partial charge in [-0.25, -0.2) is 18.1 Å². The summed E-state index contributed by atoms with van der Waals surface area (Å²) in [6, 6.07) is 5.53. The molecular weight excluding hydrogens is 272 g/mol. The summed E-state index contributed by atoms with van der Waals surface area (Å²) in [6.45, 7) is 2.06. The van der Waals surface area contributed by atoms with Crippen molar-refractivity contribution in [2.45, 2.75) is 18.4 Å². The van der Waals surface area contributed by atoms with Gasteiger partial charge in [0.05, 0.1) is 11.4 Å². The maximum Gasteiger partial charge on any atom is 0.241 e. The van der Waals surface area contributed by atoms with Crippen LogP contribution >= 0.6 is 11.3 Å². The molecule has 2 rings (SSSR count). The lowest BCUT2D eigenvalue weighted by Gasteiger charge is -2.05. The molecule has 0 aliphatic rings. The van der Waals surface area contributed by atoms with Gasteiger partial charge in [0.15, 0.2) is 0 Å². The van der Waals surface area contributed by atoms with Crippen LogP contribution in [0.25, 0.3) is 0 Å². The van der Waals surface area contributed by atoms with Crippen LogP contribution in [0.1, 0.15) is 9.88 Å². The minimum absolute atomic E-state index is 0.0378. The van der Waals surface area contributed by atoms with Crippen LogP contribution in [0.15, 0.2) is 35.4 Å². The summed E-state index contributed by atoms with van der Waals surface area (Å²) >= 11 is 1.44. The summed E-state index contributed by atoms with van der Waals surface area (Å²) in [5.41, 5.74) is 0. The molecule has 0 bridgehead atoms. The third kappa shape index (κ3) is 3.06. The molecule has 0 amide bonds. The first-order chi connectivity index (χ1) is 8.47. The van der Waals surface area contributed by atoms with Crippen LogP contribution in [0.2, 0.25) is 0 Å². The lowest BCUT2D eigenvalue weighted by molar-refractivity contribution is 0.473. The number of sulfonamides is 1. The number of phenols is 1. The molecule has 18 heavy (non-hydrogen) atoms. The summed E-state index contributed by atoms with van der Waals surface area (Å²) in [5, 5.41) is 9.97. The minimum Gasteiger partial charge on any atom is -0.508 e. The van der Waals surface area contributed by atoms with Crippen LogP contribution in [-0.4, -0.2) is 18.5 Å². The molecule has 0 unspecified atom stereocenters. The number of hydrogen-bond acceptors (Lipinski definition) is 5. The quantitative estimate of drug-likeness (QED) is 0.894. The fraction of sp³-hybridized carbons (Fsp3) is 0.182. The van der Waals surface area contributed by atoms with Crippen molar-refractivity contribution in [3.63, 3.8) is 0 Å². The van der Waals surface area contributed by atoms with Crippen LogP contribution in [0.4, 0.5) is 0 Å². The van der Waals surface area contributed by atoms with Crippen LogP contribution in [0, 0.1) is 6.92 Å². The van der Waals surface area contributed by atoms with Gasteiger partial charge in [0.2, 0.25) is 10.0 Å². The first-order valence-electron chi connectivity index (χ1n) is 5.17. The number of thiazole rings is 1. The van der Waals surface area contributed by atoms with Crippen LogP contribution in [0.3, 0.4) is 0 Å². The standard InChI is InChI=1S/C11H12N2O3S2/c1-8-6-12-11(17-8)7-13-18(15,16)10-4-2-3-9(14)5-10/h2-6,13-14H,7H2,1H3. The van der Waals surface area contributed by atoms with E-state index in [1.165, 1.54) is 35.6 Å². The minimum atomic E-state index is -3.62. The van der Waals surface area contributed by atoms with Crippen LogP contribution in [0.5, 0.6) is 5.75 Å². The number of hydrogen-bond donors (Lipinski definition) is 2. The topological polar surface area (TPSA) is 79.3 Å². The number of rotatable bonds is 4. The van der Waals surface area contributed by atoms with E-state index >= 15 is 0 Å². The highest BCUT2D eigenvalue weighted by molar-refractivity contribution is 7.89. The molecule has 2 N–H and O–H groups in total. The molecule has 0 saturated heterocycles. The average molecular weight is 284 g/mol. The smallest absolute Gasteiger partial charge is 0.241 e. The van der Waals surface area contributed by atoms with Gasteiger partial charge in [0.25, 0.3) is 0 Å². The van der Waals surface area contributed by atoms with Crippen molar-refractivity contribution in [3.8, 4) is 5.75 Å². The first-order valence-corrected chi connectivity index (χ1v) is 7.47. The average Bonchev–Trinajstić information content (AvgIpc) is 2.73. The predicted molar refractivity (Wildman–Crippen MR) is 69.0 cm³/mol. The zero-order valence-corrected chi connectivity index (χ0v) is 11.3. The molecule has 0 radical (unpaired) electrons. The summed E-state index contributed by atoms with van der Waals surface area (Å²) < 4.78 is 26.3. The van der Waals surface area contributed by atoms with E-state index in [1.807, 2.05) is 6.92 Å².